The highest BCUT2D eigenvalue weighted by Gasteiger charge is 2.11. The van der Waals surface area contributed by atoms with Gasteiger partial charge in [0.15, 0.2) is 6.61 Å². The van der Waals surface area contributed by atoms with Gasteiger partial charge in [0.1, 0.15) is 5.75 Å². The van der Waals surface area contributed by atoms with Crippen molar-refractivity contribution in [3.63, 3.8) is 0 Å². The summed E-state index contributed by atoms with van der Waals surface area (Å²) in [5.41, 5.74) is 7.22. The minimum absolute atomic E-state index is 0.172. The molecule has 0 aliphatic heterocycles. The molecule has 1 heterocycles. The fourth-order valence-electron chi connectivity index (χ4n) is 1.81. The SMILES string of the molecule is Nc1ccccc1OCc1nnc(-c2ccccc2Br)o1. The molecule has 1 aromatic heterocycles. The van der Waals surface area contributed by atoms with Crippen molar-refractivity contribution in [1.29, 1.82) is 0 Å². The maximum Gasteiger partial charge on any atom is 0.254 e. The minimum atomic E-state index is 0.172. The summed E-state index contributed by atoms with van der Waals surface area (Å²) in [7, 11) is 0. The summed E-state index contributed by atoms with van der Waals surface area (Å²) >= 11 is 3.45. The van der Waals surface area contributed by atoms with Crippen molar-refractivity contribution in [2.24, 2.45) is 0 Å². The first kappa shape index (κ1) is 13.6. The fourth-order valence-corrected chi connectivity index (χ4v) is 2.26. The second kappa shape index (κ2) is 5.97. The van der Waals surface area contributed by atoms with Crippen LogP contribution in [0.4, 0.5) is 5.69 Å². The van der Waals surface area contributed by atoms with Gasteiger partial charge in [-0.3, -0.25) is 0 Å². The van der Waals surface area contributed by atoms with E-state index in [1.54, 1.807) is 12.1 Å². The lowest BCUT2D eigenvalue weighted by molar-refractivity contribution is 0.266. The number of halogens is 1. The number of hydrogen-bond donors (Lipinski definition) is 1. The van der Waals surface area contributed by atoms with Gasteiger partial charge in [0.05, 0.1) is 11.3 Å². The van der Waals surface area contributed by atoms with Gasteiger partial charge < -0.3 is 14.9 Å². The molecule has 0 saturated heterocycles. The maximum atomic E-state index is 5.80. The van der Waals surface area contributed by atoms with Crippen LogP contribution in [0.3, 0.4) is 0 Å². The monoisotopic (exact) mass is 345 g/mol. The van der Waals surface area contributed by atoms with Crippen molar-refractivity contribution in [3.8, 4) is 17.2 Å². The van der Waals surface area contributed by atoms with Crippen LogP contribution in [0, 0.1) is 0 Å². The van der Waals surface area contributed by atoms with Crippen molar-refractivity contribution >= 4 is 21.6 Å². The Morgan fingerprint density at radius 2 is 1.81 bits per heavy atom. The predicted octanol–water partition coefficient (Wildman–Crippen LogP) is 3.66. The molecular weight excluding hydrogens is 334 g/mol. The third-order valence-electron chi connectivity index (χ3n) is 2.84. The second-order valence-electron chi connectivity index (χ2n) is 4.31. The number of ether oxygens (including phenoxy) is 1. The third-order valence-corrected chi connectivity index (χ3v) is 3.53. The van der Waals surface area contributed by atoms with Crippen molar-refractivity contribution in [2.45, 2.75) is 6.61 Å². The van der Waals surface area contributed by atoms with Crippen molar-refractivity contribution < 1.29 is 9.15 Å². The molecule has 6 heteroatoms. The summed E-state index contributed by atoms with van der Waals surface area (Å²) in [5.74, 6) is 1.43. The number of benzene rings is 2. The first-order valence-electron chi connectivity index (χ1n) is 6.28. The molecule has 0 bridgehead atoms. The van der Waals surface area contributed by atoms with Gasteiger partial charge >= 0.3 is 0 Å². The zero-order chi connectivity index (χ0) is 14.7. The molecule has 2 aromatic carbocycles. The van der Waals surface area contributed by atoms with Crippen LogP contribution in [0.15, 0.2) is 57.4 Å². The van der Waals surface area contributed by atoms with E-state index in [4.69, 9.17) is 14.9 Å². The zero-order valence-corrected chi connectivity index (χ0v) is 12.6. The highest BCUT2D eigenvalue weighted by atomic mass is 79.9. The zero-order valence-electron chi connectivity index (χ0n) is 11.0. The topological polar surface area (TPSA) is 74.2 Å². The van der Waals surface area contributed by atoms with Crippen molar-refractivity contribution in [1.82, 2.24) is 10.2 Å². The van der Waals surface area contributed by atoms with E-state index in [1.807, 2.05) is 36.4 Å². The summed E-state index contributed by atoms with van der Waals surface area (Å²) in [6.45, 7) is 0.172. The molecule has 0 atom stereocenters. The summed E-state index contributed by atoms with van der Waals surface area (Å²) in [4.78, 5) is 0. The van der Waals surface area contributed by atoms with E-state index in [1.165, 1.54) is 0 Å². The number of nitrogen functional groups attached to an aromatic ring is 1. The smallest absolute Gasteiger partial charge is 0.254 e. The third kappa shape index (κ3) is 3.05. The summed E-state index contributed by atoms with van der Waals surface area (Å²) in [6, 6.07) is 14.9. The van der Waals surface area contributed by atoms with Crippen LogP contribution in [-0.2, 0) is 6.61 Å². The van der Waals surface area contributed by atoms with Gasteiger partial charge in [0, 0.05) is 4.47 Å². The maximum absolute atomic E-state index is 5.80. The Balaban J connectivity index is 1.74. The first-order valence-corrected chi connectivity index (χ1v) is 7.08. The van der Waals surface area contributed by atoms with Gasteiger partial charge in [-0.15, -0.1) is 10.2 Å². The molecule has 21 heavy (non-hydrogen) atoms. The van der Waals surface area contributed by atoms with Gasteiger partial charge in [0.2, 0.25) is 5.89 Å². The number of rotatable bonds is 4. The Labute approximate surface area is 129 Å². The Morgan fingerprint density at radius 3 is 2.62 bits per heavy atom. The Bertz CT molecular complexity index is 758. The molecule has 0 saturated carbocycles. The lowest BCUT2D eigenvalue weighted by atomic mass is 10.2. The fraction of sp³-hybridized carbons (Fsp3) is 0.0667. The number of nitrogens with zero attached hydrogens (tertiary/aromatic N) is 2. The normalized spacial score (nSPS) is 10.5. The van der Waals surface area contributed by atoms with Crippen LogP contribution in [0.1, 0.15) is 5.89 Å². The number of aromatic nitrogens is 2. The molecule has 0 unspecified atom stereocenters. The van der Waals surface area contributed by atoms with E-state index in [9.17, 15) is 0 Å². The molecule has 0 amide bonds. The van der Waals surface area contributed by atoms with Crippen molar-refractivity contribution in [2.75, 3.05) is 5.73 Å². The second-order valence-corrected chi connectivity index (χ2v) is 5.16. The lowest BCUT2D eigenvalue weighted by Gasteiger charge is -2.05. The number of nitrogens with two attached hydrogens (primary N) is 1. The molecule has 3 rings (SSSR count). The van der Waals surface area contributed by atoms with Crippen LogP contribution in [0.5, 0.6) is 5.75 Å². The molecule has 0 fully saturated rings. The number of anilines is 1. The Kier molecular flexibility index (Phi) is 3.87. The van der Waals surface area contributed by atoms with Gasteiger partial charge in [0.25, 0.3) is 5.89 Å². The van der Waals surface area contributed by atoms with Gasteiger partial charge in [-0.2, -0.15) is 0 Å². The van der Waals surface area contributed by atoms with Crippen LogP contribution >= 0.6 is 15.9 Å². The molecule has 5 nitrogen and oxygen atoms in total. The standard InChI is InChI=1S/C15H12BrN3O2/c16-11-6-2-1-5-10(11)15-19-18-14(21-15)9-20-13-8-4-3-7-12(13)17/h1-8H,9,17H2. The van der Waals surface area contributed by atoms with E-state index in [0.717, 1.165) is 10.0 Å². The van der Waals surface area contributed by atoms with E-state index >= 15 is 0 Å². The first-order chi connectivity index (χ1) is 10.2. The molecule has 106 valence electrons. The molecule has 0 spiro atoms. The molecule has 2 N–H and O–H groups in total. The predicted molar refractivity (Wildman–Crippen MR) is 82.6 cm³/mol. The Morgan fingerprint density at radius 1 is 1.05 bits per heavy atom. The molecule has 0 aliphatic rings. The molecular formula is C15H12BrN3O2. The largest absolute Gasteiger partial charge is 0.482 e. The average Bonchev–Trinajstić information content (AvgIpc) is 2.96. The van der Waals surface area contributed by atoms with E-state index in [-0.39, 0.29) is 6.61 Å². The van der Waals surface area contributed by atoms with Crippen molar-refractivity contribution in [3.05, 3.63) is 58.9 Å². The average molecular weight is 346 g/mol. The van der Waals surface area contributed by atoms with Crippen LogP contribution in [0.2, 0.25) is 0 Å². The van der Waals surface area contributed by atoms with E-state index < -0.39 is 0 Å². The highest BCUT2D eigenvalue weighted by Crippen LogP contribution is 2.27. The number of para-hydroxylation sites is 2. The highest BCUT2D eigenvalue weighted by molar-refractivity contribution is 9.10. The van der Waals surface area contributed by atoms with Crippen LogP contribution in [0.25, 0.3) is 11.5 Å². The quantitative estimate of drug-likeness (QED) is 0.730. The lowest BCUT2D eigenvalue weighted by Crippen LogP contribution is -1.98. The van der Waals surface area contributed by atoms with E-state index in [0.29, 0.717) is 23.2 Å². The minimum Gasteiger partial charge on any atom is -0.482 e. The van der Waals surface area contributed by atoms with Crippen LogP contribution in [-0.4, -0.2) is 10.2 Å². The summed E-state index contributed by atoms with van der Waals surface area (Å²) in [6.07, 6.45) is 0. The Hall–Kier alpha value is -2.34. The molecule has 3 aromatic rings. The van der Waals surface area contributed by atoms with Gasteiger partial charge in [-0.25, -0.2) is 0 Å². The molecule has 0 aliphatic carbocycles. The van der Waals surface area contributed by atoms with Gasteiger partial charge in [-0.1, -0.05) is 24.3 Å². The molecule has 0 radical (unpaired) electrons. The van der Waals surface area contributed by atoms with Gasteiger partial charge in [-0.05, 0) is 40.2 Å². The van der Waals surface area contributed by atoms with Crippen LogP contribution < -0.4 is 10.5 Å². The summed E-state index contributed by atoms with van der Waals surface area (Å²) < 4.78 is 12.1. The summed E-state index contributed by atoms with van der Waals surface area (Å²) in [5, 5.41) is 8.00. The van der Waals surface area contributed by atoms with E-state index in [2.05, 4.69) is 26.1 Å². The number of hydrogen-bond acceptors (Lipinski definition) is 5.